The first-order valence-corrected chi connectivity index (χ1v) is 10.4. The van der Waals surface area contributed by atoms with Gasteiger partial charge in [-0.1, -0.05) is 36.4 Å². The number of benzene rings is 3. The van der Waals surface area contributed by atoms with Crippen LogP contribution in [0.4, 0.5) is 0 Å². The van der Waals surface area contributed by atoms with Crippen molar-refractivity contribution in [3.8, 4) is 11.5 Å². The van der Waals surface area contributed by atoms with Gasteiger partial charge in [-0.05, 0) is 83.3 Å². The van der Waals surface area contributed by atoms with Crippen LogP contribution in [-0.2, 0) is 19.3 Å². The van der Waals surface area contributed by atoms with Gasteiger partial charge in [0, 0.05) is 6.07 Å². The molecule has 4 heteroatoms. The third-order valence-electron chi connectivity index (χ3n) is 5.82. The minimum Gasteiger partial charge on any atom is -0.497 e. The van der Waals surface area contributed by atoms with Crippen molar-refractivity contribution < 1.29 is 19.4 Å². The number of carboxylic acids is 1. The Kier molecular flexibility index (Phi) is 6.08. The monoisotopic (exact) mass is 414 g/mol. The second-order valence-corrected chi connectivity index (χ2v) is 7.77. The van der Waals surface area contributed by atoms with Crippen molar-refractivity contribution in [2.75, 3.05) is 14.2 Å². The first-order chi connectivity index (χ1) is 15.1. The molecule has 0 saturated heterocycles. The summed E-state index contributed by atoms with van der Waals surface area (Å²) in [6.07, 6.45) is 6.08. The van der Waals surface area contributed by atoms with E-state index in [1.165, 1.54) is 22.3 Å². The molecule has 0 aliphatic heterocycles. The average molecular weight is 415 g/mol. The van der Waals surface area contributed by atoms with E-state index in [-0.39, 0.29) is 0 Å². The predicted octanol–water partition coefficient (Wildman–Crippen LogP) is 5.67. The van der Waals surface area contributed by atoms with Gasteiger partial charge in [0.15, 0.2) is 0 Å². The molecule has 0 amide bonds. The fraction of sp³-hybridized carbons (Fsp3) is 0.222. The van der Waals surface area contributed by atoms with Gasteiger partial charge < -0.3 is 14.6 Å². The molecule has 0 saturated carbocycles. The normalized spacial score (nSPS) is 13.8. The molecule has 4 rings (SSSR count). The Bertz CT molecular complexity index is 1100. The van der Waals surface area contributed by atoms with Crippen LogP contribution in [0.1, 0.15) is 44.6 Å². The van der Waals surface area contributed by atoms with E-state index in [1.807, 2.05) is 30.3 Å². The molecule has 1 aliphatic rings. The van der Waals surface area contributed by atoms with Gasteiger partial charge in [-0.3, -0.25) is 0 Å². The Labute approximate surface area is 182 Å². The number of carbonyl (C=O) groups is 1. The lowest BCUT2D eigenvalue weighted by atomic mass is 9.94. The fourth-order valence-corrected chi connectivity index (χ4v) is 4.23. The number of methoxy groups -OCH3 is 2. The molecule has 158 valence electrons. The maximum absolute atomic E-state index is 11.1. The van der Waals surface area contributed by atoms with E-state index in [0.29, 0.717) is 5.56 Å². The van der Waals surface area contributed by atoms with Crippen LogP contribution in [0.5, 0.6) is 11.5 Å². The van der Waals surface area contributed by atoms with Crippen molar-refractivity contribution in [1.82, 2.24) is 0 Å². The summed E-state index contributed by atoms with van der Waals surface area (Å²) in [6, 6.07) is 19.7. The van der Waals surface area contributed by atoms with Gasteiger partial charge >= 0.3 is 5.97 Å². The highest BCUT2D eigenvalue weighted by molar-refractivity contribution is 5.88. The number of hydrogen-bond acceptors (Lipinski definition) is 3. The van der Waals surface area contributed by atoms with Crippen molar-refractivity contribution in [2.45, 2.75) is 25.7 Å². The van der Waals surface area contributed by atoms with Crippen LogP contribution in [0, 0.1) is 0 Å². The van der Waals surface area contributed by atoms with Crippen molar-refractivity contribution in [2.24, 2.45) is 0 Å². The topological polar surface area (TPSA) is 55.8 Å². The van der Waals surface area contributed by atoms with E-state index < -0.39 is 5.97 Å². The lowest BCUT2D eigenvalue weighted by Gasteiger charge is -2.12. The summed E-state index contributed by atoms with van der Waals surface area (Å²) < 4.78 is 10.8. The van der Waals surface area contributed by atoms with Gasteiger partial charge in [-0.15, -0.1) is 0 Å². The second kappa shape index (κ2) is 9.09. The van der Waals surface area contributed by atoms with Crippen LogP contribution in [0.2, 0.25) is 0 Å². The highest BCUT2D eigenvalue weighted by Crippen LogP contribution is 2.37. The van der Waals surface area contributed by atoms with Crippen LogP contribution in [0.25, 0.3) is 11.6 Å². The molecule has 3 aromatic carbocycles. The molecular weight excluding hydrogens is 388 g/mol. The number of rotatable bonds is 7. The second-order valence-electron chi connectivity index (χ2n) is 7.77. The first kappa shape index (κ1) is 20.7. The highest BCUT2D eigenvalue weighted by Gasteiger charge is 2.19. The first-order valence-electron chi connectivity index (χ1n) is 10.4. The molecule has 1 N–H and O–H groups in total. The zero-order valence-corrected chi connectivity index (χ0v) is 17.9. The van der Waals surface area contributed by atoms with Gasteiger partial charge in [-0.25, -0.2) is 4.79 Å². The number of hydrogen-bond donors (Lipinski definition) is 1. The van der Waals surface area contributed by atoms with Crippen molar-refractivity contribution in [1.29, 1.82) is 0 Å². The molecule has 0 fully saturated rings. The summed E-state index contributed by atoms with van der Waals surface area (Å²) in [4.78, 5) is 11.1. The summed E-state index contributed by atoms with van der Waals surface area (Å²) in [5.74, 6) is 0.668. The molecule has 4 nitrogen and oxygen atoms in total. The molecule has 31 heavy (non-hydrogen) atoms. The summed E-state index contributed by atoms with van der Waals surface area (Å²) in [5.41, 5.74) is 7.94. The molecular formula is C27H26O4. The maximum Gasteiger partial charge on any atom is 0.335 e. The van der Waals surface area contributed by atoms with Crippen molar-refractivity contribution in [3.05, 3.63) is 94.0 Å². The Balaban J connectivity index is 1.60. The quantitative estimate of drug-likeness (QED) is 0.541. The molecule has 0 aromatic heterocycles. The smallest absolute Gasteiger partial charge is 0.335 e. The van der Waals surface area contributed by atoms with Gasteiger partial charge in [0.2, 0.25) is 0 Å². The minimum absolute atomic E-state index is 0.322. The molecule has 0 heterocycles. The number of aryl methyl sites for hydroxylation is 3. The van der Waals surface area contributed by atoms with Gasteiger partial charge in [0.05, 0.1) is 19.8 Å². The molecule has 0 unspecified atom stereocenters. The zero-order valence-electron chi connectivity index (χ0n) is 17.9. The zero-order chi connectivity index (χ0) is 21.8. The van der Waals surface area contributed by atoms with Crippen LogP contribution in [0.15, 0.2) is 60.7 Å². The lowest BCUT2D eigenvalue weighted by molar-refractivity contribution is 0.0697. The van der Waals surface area contributed by atoms with E-state index in [9.17, 15) is 4.79 Å². The molecule has 0 atom stereocenters. The summed E-state index contributed by atoms with van der Waals surface area (Å²) in [7, 11) is 3.33. The Morgan fingerprint density at radius 3 is 2.29 bits per heavy atom. The van der Waals surface area contributed by atoms with Crippen LogP contribution < -0.4 is 9.47 Å². The van der Waals surface area contributed by atoms with Gasteiger partial charge in [0.1, 0.15) is 11.5 Å². The number of aromatic carboxylic acids is 1. The molecule has 0 spiro atoms. The number of fused-ring (bicyclic) bond motifs is 1. The van der Waals surface area contributed by atoms with E-state index in [2.05, 4.69) is 24.3 Å². The number of allylic oxidation sites excluding steroid dienone is 1. The Morgan fingerprint density at radius 1 is 0.935 bits per heavy atom. The number of carboxylic acid groups (broad SMARTS) is 1. The average Bonchev–Trinajstić information content (AvgIpc) is 3.21. The largest absolute Gasteiger partial charge is 0.497 e. The van der Waals surface area contributed by atoms with Crippen LogP contribution >= 0.6 is 0 Å². The maximum atomic E-state index is 11.1. The molecule has 1 aliphatic carbocycles. The van der Waals surface area contributed by atoms with E-state index in [4.69, 9.17) is 14.6 Å². The van der Waals surface area contributed by atoms with E-state index in [1.54, 1.807) is 26.4 Å². The fourth-order valence-electron chi connectivity index (χ4n) is 4.23. The summed E-state index contributed by atoms with van der Waals surface area (Å²) >= 11 is 0. The van der Waals surface area contributed by atoms with E-state index >= 15 is 0 Å². The van der Waals surface area contributed by atoms with Crippen molar-refractivity contribution >= 4 is 17.6 Å². The third-order valence-corrected chi connectivity index (χ3v) is 5.82. The molecule has 3 aromatic rings. The highest BCUT2D eigenvalue weighted by atomic mass is 16.5. The van der Waals surface area contributed by atoms with Crippen molar-refractivity contribution in [3.63, 3.8) is 0 Å². The lowest BCUT2D eigenvalue weighted by Crippen LogP contribution is -1.99. The SMILES string of the molecule is COc1cc(C=C2CCc3cccc(CCc4ccc(C(=O)O)cc4)c32)cc(OC)c1. The Hall–Kier alpha value is -3.53. The summed E-state index contributed by atoms with van der Waals surface area (Å²) in [6.45, 7) is 0. The molecule has 0 radical (unpaired) electrons. The standard InChI is InChI=1S/C27H26O4/c1-30-24-15-19(16-25(17-24)31-2)14-23-13-12-21-5-3-4-20(26(21)23)9-6-18-7-10-22(11-8-18)27(28)29/h3-5,7-8,10-11,14-17H,6,9,12-13H2,1-2H3,(H,28,29). The predicted molar refractivity (Wildman–Crippen MR) is 123 cm³/mol. The van der Waals surface area contributed by atoms with Gasteiger partial charge in [0.25, 0.3) is 0 Å². The number of ether oxygens (including phenoxy) is 2. The van der Waals surface area contributed by atoms with Crippen LogP contribution in [0.3, 0.4) is 0 Å². The Morgan fingerprint density at radius 2 is 1.65 bits per heavy atom. The third kappa shape index (κ3) is 4.64. The van der Waals surface area contributed by atoms with Gasteiger partial charge in [-0.2, -0.15) is 0 Å². The molecule has 0 bridgehead atoms. The minimum atomic E-state index is -0.892. The summed E-state index contributed by atoms with van der Waals surface area (Å²) in [5, 5.41) is 9.08. The van der Waals surface area contributed by atoms with Crippen LogP contribution in [-0.4, -0.2) is 25.3 Å². The van der Waals surface area contributed by atoms with E-state index in [0.717, 1.165) is 48.3 Å².